The van der Waals surface area contributed by atoms with Gasteiger partial charge in [0.15, 0.2) is 0 Å². The van der Waals surface area contributed by atoms with Crippen LogP contribution in [0.1, 0.15) is 52.2 Å². The maximum absolute atomic E-state index is 10.4. The van der Waals surface area contributed by atoms with Gasteiger partial charge in [0.2, 0.25) is 0 Å². The highest BCUT2D eigenvalue weighted by atomic mass is 16.5. The maximum atomic E-state index is 10.4. The molecule has 0 radical (unpaired) electrons. The molecule has 1 aromatic rings. The van der Waals surface area contributed by atoms with Crippen molar-refractivity contribution in [3.8, 4) is 5.75 Å². The molecular formula is C20H34N2O2. The first-order valence-corrected chi connectivity index (χ1v) is 9.34. The van der Waals surface area contributed by atoms with Gasteiger partial charge in [0.05, 0.1) is 12.2 Å². The lowest BCUT2D eigenvalue weighted by molar-refractivity contribution is 0.146. The summed E-state index contributed by atoms with van der Waals surface area (Å²) in [5, 5.41) is 13.9. The van der Waals surface area contributed by atoms with Crippen LogP contribution in [0, 0.1) is 5.92 Å². The highest BCUT2D eigenvalue weighted by Crippen LogP contribution is 2.19. The van der Waals surface area contributed by atoms with Crippen molar-refractivity contribution >= 4 is 0 Å². The minimum absolute atomic E-state index is 0.170. The van der Waals surface area contributed by atoms with E-state index >= 15 is 0 Å². The number of nitrogens with one attached hydrogen (secondary N) is 1. The molecule has 4 nitrogen and oxygen atoms in total. The molecule has 1 unspecified atom stereocenters. The minimum atomic E-state index is -0.466. The van der Waals surface area contributed by atoms with E-state index < -0.39 is 6.10 Å². The molecule has 2 rings (SSSR count). The standard InChI is InChI=1S/C20H34N2O2/c1-15(2)14-22-11-9-18(10-12-22)21-13-20(23)17-5-7-19(8-6-17)24-16(3)4/h5-8,15-16,18,20-21,23H,9-14H2,1-4H3. The summed E-state index contributed by atoms with van der Waals surface area (Å²) < 4.78 is 5.64. The van der Waals surface area contributed by atoms with Crippen LogP contribution in [-0.2, 0) is 0 Å². The fraction of sp³-hybridized carbons (Fsp3) is 0.700. The lowest BCUT2D eigenvalue weighted by Gasteiger charge is -2.33. The molecule has 1 fully saturated rings. The van der Waals surface area contributed by atoms with Crippen molar-refractivity contribution < 1.29 is 9.84 Å². The molecule has 1 atom stereocenters. The summed E-state index contributed by atoms with van der Waals surface area (Å²) in [7, 11) is 0. The number of ether oxygens (including phenoxy) is 1. The van der Waals surface area contributed by atoms with Crippen molar-refractivity contribution in [2.45, 2.75) is 58.8 Å². The average molecular weight is 335 g/mol. The SMILES string of the molecule is CC(C)CN1CCC(NCC(O)c2ccc(OC(C)C)cc2)CC1. The van der Waals surface area contributed by atoms with Crippen LogP contribution in [0.15, 0.2) is 24.3 Å². The zero-order chi connectivity index (χ0) is 17.5. The molecule has 136 valence electrons. The summed E-state index contributed by atoms with van der Waals surface area (Å²) in [5.74, 6) is 1.59. The Kier molecular flexibility index (Phi) is 7.53. The second-order valence-electron chi connectivity index (χ2n) is 7.63. The molecule has 0 aromatic heterocycles. The van der Waals surface area contributed by atoms with E-state index in [1.807, 2.05) is 38.1 Å². The maximum Gasteiger partial charge on any atom is 0.119 e. The van der Waals surface area contributed by atoms with Crippen LogP contribution in [0.3, 0.4) is 0 Å². The van der Waals surface area contributed by atoms with Gasteiger partial charge in [0, 0.05) is 19.1 Å². The van der Waals surface area contributed by atoms with Gasteiger partial charge in [-0.1, -0.05) is 26.0 Å². The second kappa shape index (κ2) is 9.40. The molecule has 0 aliphatic carbocycles. The number of hydrogen-bond donors (Lipinski definition) is 2. The number of aliphatic hydroxyl groups is 1. The average Bonchev–Trinajstić information content (AvgIpc) is 2.53. The number of hydrogen-bond acceptors (Lipinski definition) is 4. The zero-order valence-corrected chi connectivity index (χ0v) is 15.7. The molecule has 1 aromatic carbocycles. The molecule has 1 aliphatic heterocycles. The highest BCUT2D eigenvalue weighted by molar-refractivity contribution is 5.28. The third kappa shape index (κ3) is 6.42. The van der Waals surface area contributed by atoms with Gasteiger partial charge in [0.1, 0.15) is 5.75 Å². The first-order valence-electron chi connectivity index (χ1n) is 9.34. The van der Waals surface area contributed by atoms with Gasteiger partial charge >= 0.3 is 0 Å². The van der Waals surface area contributed by atoms with E-state index in [0.29, 0.717) is 12.6 Å². The summed E-state index contributed by atoms with van der Waals surface area (Å²) in [6, 6.07) is 8.29. The van der Waals surface area contributed by atoms with E-state index in [4.69, 9.17) is 4.74 Å². The Balaban J connectivity index is 1.72. The number of likely N-dealkylation sites (tertiary alicyclic amines) is 1. The van der Waals surface area contributed by atoms with Crippen LogP contribution in [0.2, 0.25) is 0 Å². The van der Waals surface area contributed by atoms with Crippen LogP contribution < -0.4 is 10.1 Å². The molecule has 24 heavy (non-hydrogen) atoms. The number of aliphatic hydroxyl groups excluding tert-OH is 1. The predicted octanol–water partition coefficient (Wildman–Crippen LogP) is 3.22. The molecule has 1 saturated heterocycles. The number of piperidine rings is 1. The molecule has 1 aliphatic rings. The van der Waals surface area contributed by atoms with E-state index in [2.05, 4.69) is 24.1 Å². The normalized spacial score (nSPS) is 18.3. The lowest BCUT2D eigenvalue weighted by atomic mass is 10.0. The molecule has 0 saturated carbocycles. The molecule has 4 heteroatoms. The first-order chi connectivity index (χ1) is 11.4. The van der Waals surface area contributed by atoms with E-state index in [-0.39, 0.29) is 6.10 Å². The Bertz CT molecular complexity index is 465. The van der Waals surface area contributed by atoms with Gasteiger partial charge in [-0.25, -0.2) is 0 Å². The summed E-state index contributed by atoms with van der Waals surface area (Å²) in [4.78, 5) is 2.55. The molecular weight excluding hydrogens is 300 g/mol. The van der Waals surface area contributed by atoms with Crippen molar-refractivity contribution in [1.29, 1.82) is 0 Å². The predicted molar refractivity (Wildman–Crippen MR) is 99.5 cm³/mol. The first kappa shape index (κ1) is 19.2. The molecule has 0 bridgehead atoms. The van der Waals surface area contributed by atoms with Crippen molar-refractivity contribution in [3.05, 3.63) is 29.8 Å². The molecule has 2 N–H and O–H groups in total. The fourth-order valence-electron chi connectivity index (χ4n) is 3.27. The van der Waals surface area contributed by atoms with Crippen LogP contribution in [0.25, 0.3) is 0 Å². The smallest absolute Gasteiger partial charge is 0.119 e. The van der Waals surface area contributed by atoms with Crippen molar-refractivity contribution in [2.75, 3.05) is 26.2 Å². The quantitative estimate of drug-likeness (QED) is 0.766. The number of benzene rings is 1. The Morgan fingerprint density at radius 3 is 2.29 bits per heavy atom. The van der Waals surface area contributed by atoms with Crippen LogP contribution in [0.4, 0.5) is 0 Å². The topological polar surface area (TPSA) is 44.7 Å². The van der Waals surface area contributed by atoms with Crippen LogP contribution in [0.5, 0.6) is 5.75 Å². The highest BCUT2D eigenvalue weighted by Gasteiger charge is 2.20. The van der Waals surface area contributed by atoms with Gasteiger partial charge in [0.25, 0.3) is 0 Å². The third-order valence-corrected chi connectivity index (χ3v) is 4.45. The van der Waals surface area contributed by atoms with E-state index in [1.165, 1.54) is 19.4 Å². The molecule has 1 heterocycles. The van der Waals surface area contributed by atoms with Crippen molar-refractivity contribution in [1.82, 2.24) is 10.2 Å². The van der Waals surface area contributed by atoms with Crippen LogP contribution in [-0.4, -0.2) is 48.3 Å². The van der Waals surface area contributed by atoms with Crippen molar-refractivity contribution in [2.24, 2.45) is 5.92 Å². The zero-order valence-electron chi connectivity index (χ0n) is 15.7. The summed E-state index contributed by atoms with van der Waals surface area (Å²) in [5.41, 5.74) is 0.941. The van der Waals surface area contributed by atoms with Gasteiger partial charge < -0.3 is 20.1 Å². The number of nitrogens with zero attached hydrogens (tertiary/aromatic N) is 1. The van der Waals surface area contributed by atoms with E-state index in [0.717, 1.165) is 30.3 Å². The van der Waals surface area contributed by atoms with E-state index in [9.17, 15) is 5.11 Å². The Morgan fingerprint density at radius 2 is 1.75 bits per heavy atom. The van der Waals surface area contributed by atoms with E-state index in [1.54, 1.807) is 0 Å². The monoisotopic (exact) mass is 334 g/mol. The summed E-state index contributed by atoms with van der Waals surface area (Å²) in [6.45, 7) is 12.7. The summed E-state index contributed by atoms with van der Waals surface area (Å²) in [6.07, 6.45) is 2.04. The largest absolute Gasteiger partial charge is 0.491 e. The van der Waals surface area contributed by atoms with Gasteiger partial charge in [-0.3, -0.25) is 0 Å². The van der Waals surface area contributed by atoms with Gasteiger partial charge in [-0.05, 0) is 63.4 Å². The molecule has 0 spiro atoms. The third-order valence-electron chi connectivity index (χ3n) is 4.45. The Labute approximate surface area is 147 Å². The molecule has 0 amide bonds. The van der Waals surface area contributed by atoms with Crippen molar-refractivity contribution in [3.63, 3.8) is 0 Å². The van der Waals surface area contributed by atoms with Gasteiger partial charge in [-0.15, -0.1) is 0 Å². The van der Waals surface area contributed by atoms with Crippen LogP contribution >= 0.6 is 0 Å². The second-order valence-corrected chi connectivity index (χ2v) is 7.63. The Hall–Kier alpha value is -1.10. The van der Waals surface area contributed by atoms with Gasteiger partial charge in [-0.2, -0.15) is 0 Å². The minimum Gasteiger partial charge on any atom is -0.491 e. The lowest BCUT2D eigenvalue weighted by Crippen LogP contribution is -2.44. The number of rotatable bonds is 8. The summed E-state index contributed by atoms with van der Waals surface area (Å²) >= 11 is 0. The fourth-order valence-corrected chi connectivity index (χ4v) is 3.27. The Morgan fingerprint density at radius 1 is 1.12 bits per heavy atom.